The molecule has 5 nitrogen and oxygen atoms in total. The molecule has 106 valence electrons. The molecule has 0 saturated carbocycles. The highest BCUT2D eigenvalue weighted by Gasteiger charge is 2.02. The Morgan fingerprint density at radius 1 is 1.37 bits per heavy atom. The second kappa shape index (κ2) is 9.49. The van der Waals surface area contributed by atoms with Gasteiger partial charge in [-0.25, -0.2) is 0 Å². The van der Waals surface area contributed by atoms with Crippen molar-refractivity contribution in [3.8, 4) is 0 Å². The van der Waals surface area contributed by atoms with Crippen LogP contribution in [0.1, 0.15) is 18.4 Å². The number of ether oxygens (including phenoxy) is 2. The molecule has 1 aromatic rings. The molecule has 5 heteroatoms. The molecule has 3 N–H and O–H groups in total. The lowest BCUT2D eigenvalue weighted by Gasteiger charge is -2.08. The first kappa shape index (κ1) is 15.6. The largest absolute Gasteiger partial charge is 0.382 e. The van der Waals surface area contributed by atoms with Gasteiger partial charge in [-0.05, 0) is 30.7 Å². The van der Waals surface area contributed by atoms with E-state index in [2.05, 4.69) is 5.32 Å². The number of nitrogens with two attached hydrogens (primary N) is 1. The number of nitrogens with one attached hydrogen (secondary N) is 1. The minimum Gasteiger partial charge on any atom is -0.382 e. The Labute approximate surface area is 114 Å². The van der Waals surface area contributed by atoms with Crippen LogP contribution >= 0.6 is 0 Å². The van der Waals surface area contributed by atoms with Gasteiger partial charge in [0.1, 0.15) is 0 Å². The molecule has 0 fully saturated rings. The third-order valence-corrected chi connectivity index (χ3v) is 2.52. The van der Waals surface area contributed by atoms with Crippen LogP contribution in [0.5, 0.6) is 0 Å². The highest BCUT2D eigenvalue weighted by atomic mass is 16.5. The fourth-order valence-corrected chi connectivity index (χ4v) is 1.56. The molecule has 1 rings (SSSR count). The molecule has 0 aromatic heterocycles. The van der Waals surface area contributed by atoms with E-state index >= 15 is 0 Å². The van der Waals surface area contributed by atoms with Crippen LogP contribution in [0.25, 0.3) is 0 Å². The quantitative estimate of drug-likeness (QED) is 0.665. The number of hydrogen-bond donors (Lipinski definition) is 2. The van der Waals surface area contributed by atoms with E-state index < -0.39 is 0 Å². The fourth-order valence-electron chi connectivity index (χ4n) is 1.56. The Morgan fingerprint density at radius 2 is 2.21 bits per heavy atom. The van der Waals surface area contributed by atoms with Crippen LogP contribution in [-0.4, -0.2) is 32.8 Å². The lowest BCUT2D eigenvalue weighted by molar-refractivity contribution is -0.116. The maximum Gasteiger partial charge on any atom is 0.224 e. The highest BCUT2D eigenvalue weighted by Crippen LogP contribution is 2.12. The summed E-state index contributed by atoms with van der Waals surface area (Å²) in [7, 11) is 1.64. The SMILES string of the molecule is COCCOCc1cccc(NC(=O)CCCN)c1. The van der Waals surface area contributed by atoms with Gasteiger partial charge in [-0.1, -0.05) is 12.1 Å². The smallest absolute Gasteiger partial charge is 0.224 e. The summed E-state index contributed by atoms with van der Waals surface area (Å²) < 4.78 is 10.3. The molecule has 0 heterocycles. The van der Waals surface area contributed by atoms with Gasteiger partial charge in [-0.2, -0.15) is 0 Å². The number of amides is 1. The van der Waals surface area contributed by atoms with Crippen LogP contribution in [0.3, 0.4) is 0 Å². The Bertz CT molecular complexity index is 383. The lowest BCUT2D eigenvalue weighted by atomic mass is 10.2. The molecule has 19 heavy (non-hydrogen) atoms. The molecule has 0 aliphatic rings. The second-order valence-electron chi connectivity index (χ2n) is 4.19. The van der Waals surface area contributed by atoms with E-state index in [0.29, 0.717) is 39.2 Å². The third kappa shape index (κ3) is 6.91. The minimum absolute atomic E-state index is 0.0112. The number of rotatable bonds is 9. The average molecular weight is 266 g/mol. The summed E-state index contributed by atoms with van der Waals surface area (Å²) in [4.78, 5) is 11.6. The van der Waals surface area contributed by atoms with Gasteiger partial charge in [-0.3, -0.25) is 4.79 Å². The lowest BCUT2D eigenvalue weighted by Crippen LogP contribution is -2.13. The van der Waals surface area contributed by atoms with Gasteiger partial charge < -0.3 is 20.5 Å². The first-order chi connectivity index (χ1) is 9.26. The van der Waals surface area contributed by atoms with E-state index in [1.54, 1.807) is 7.11 Å². The van der Waals surface area contributed by atoms with Gasteiger partial charge in [-0.15, -0.1) is 0 Å². The second-order valence-corrected chi connectivity index (χ2v) is 4.19. The summed E-state index contributed by atoms with van der Waals surface area (Å²) >= 11 is 0. The number of carbonyl (C=O) groups is 1. The third-order valence-electron chi connectivity index (χ3n) is 2.52. The summed E-state index contributed by atoms with van der Waals surface area (Å²) in [5.74, 6) is -0.0112. The van der Waals surface area contributed by atoms with Gasteiger partial charge in [0.05, 0.1) is 19.8 Å². The Hall–Kier alpha value is -1.43. The van der Waals surface area contributed by atoms with Crippen molar-refractivity contribution >= 4 is 11.6 Å². The normalized spacial score (nSPS) is 10.4. The zero-order chi connectivity index (χ0) is 13.9. The first-order valence-electron chi connectivity index (χ1n) is 6.42. The molecule has 0 atom stereocenters. The molecule has 1 amide bonds. The number of methoxy groups -OCH3 is 1. The molecule has 0 aliphatic heterocycles. The number of anilines is 1. The van der Waals surface area contributed by atoms with Crippen molar-refractivity contribution in [2.45, 2.75) is 19.4 Å². The number of benzene rings is 1. The van der Waals surface area contributed by atoms with Gasteiger partial charge in [0.25, 0.3) is 0 Å². The summed E-state index contributed by atoms with van der Waals surface area (Å²) in [5, 5.41) is 2.84. The van der Waals surface area contributed by atoms with E-state index in [1.165, 1.54) is 0 Å². The number of carbonyl (C=O) groups excluding carboxylic acids is 1. The zero-order valence-corrected chi connectivity index (χ0v) is 11.4. The van der Waals surface area contributed by atoms with E-state index in [-0.39, 0.29) is 5.91 Å². The van der Waals surface area contributed by atoms with Crippen LogP contribution in [0.15, 0.2) is 24.3 Å². The molecule has 0 spiro atoms. The van der Waals surface area contributed by atoms with Crippen molar-refractivity contribution in [2.75, 3.05) is 32.2 Å². The molecule has 1 aromatic carbocycles. The molecular formula is C14H22N2O3. The van der Waals surface area contributed by atoms with E-state index in [0.717, 1.165) is 11.3 Å². The maximum atomic E-state index is 11.6. The first-order valence-corrected chi connectivity index (χ1v) is 6.42. The van der Waals surface area contributed by atoms with Gasteiger partial charge in [0.15, 0.2) is 0 Å². The summed E-state index contributed by atoms with van der Waals surface area (Å²) in [6.07, 6.45) is 1.15. The van der Waals surface area contributed by atoms with Crippen molar-refractivity contribution in [2.24, 2.45) is 5.73 Å². The van der Waals surface area contributed by atoms with Crippen LogP contribution in [0.4, 0.5) is 5.69 Å². The molecule has 0 unspecified atom stereocenters. The monoisotopic (exact) mass is 266 g/mol. The van der Waals surface area contributed by atoms with E-state index in [4.69, 9.17) is 15.2 Å². The van der Waals surface area contributed by atoms with Crippen molar-refractivity contribution in [1.82, 2.24) is 0 Å². The number of hydrogen-bond acceptors (Lipinski definition) is 4. The summed E-state index contributed by atoms with van der Waals surface area (Å²) in [6, 6.07) is 7.63. The standard InChI is InChI=1S/C14H22N2O3/c1-18-8-9-19-11-12-4-2-5-13(10-12)16-14(17)6-3-7-15/h2,4-5,10H,3,6-9,11,15H2,1H3,(H,16,17). The van der Waals surface area contributed by atoms with Crippen LogP contribution < -0.4 is 11.1 Å². The van der Waals surface area contributed by atoms with Crippen molar-refractivity contribution < 1.29 is 14.3 Å². The Balaban J connectivity index is 2.40. The van der Waals surface area contributed by atoms with Crippen molar-refractivity contribution in [1.29, 1.82) is 0 Å². The average Bonchev–Trinajstić information content (AvgIpc) is 2.42. The minimum atomic E-state index is -0.0112. The van der Waals surface area contributed by atoms with Crippen LogP contribution in [0, 0.1) is 0 Å². The van der Waals surface area contributed by atoms with Crippen LogP contribution in [0.2, 0.25) is 0 Å². The Morgan fingerprint density at radius 3 is 2.95 bits per heavy atom. The summed E-state index contributed by atoms with van der Waals surface area (Å²) in [6.45, 7) is 2.18. The van der Waals surface area contributed by atoms with Crippen LogP contribution in [-0.2, 0) is 20.9 Å². The van der Waals surface area contributed by atoms with E-state index in [9.17, 15) is 4.79 Å². The van der Waals surface area contributed by atoms with Gasteiger partial charge >= 0.3 is 0 Å². The maximum absolute atomic E-state index is 11.6. The predicted octanol–water partition coefficient (Wildman–Crippen LogP) is 1.53. The fraction of sp³-hybridized carbons (Fsp3) is 0.500. The van der Waals surface area contributed by atoms with Crippen molar-refractivity contribution in [3.05, 3.63) is 29.8 Å². The zero-order valence-electron chi connectivity index (χ0n) is 11.4. The van der Waals surface area contributed by atoms with E-state index in [1.807, 2.05) is 24.3 Å². The van der Waals surface area contributed by atoms with Gasteiger partial charge in [0.2, 0.25) is 5.91 Å². The predicted molar refractivity (Wildman–Crippen MR) is 74.9 cm³/mol. The highest BCUT2D eigenvalue weighted by molar-refractivity contribution is 5.90. The Kier molecular flexibility index (Phi) is 7.81. The molecule has 0 radical (unpaired) electrons. The molecule has 0 saturated heterocycles. The summed E-state index contributed by atoms with van der Waals surface area (Å²) in [5.41, 5.74) is 7.17. The molecule has 0 bridgehead atoms. The molecular weight excluding hydrogens is 244 g/mol. The molecule has 0 aliphatic carbocycles. The topological polar surface area (TPSA) is 73.6 Å². The van der Waals surface area contributed by atoms with Gasteiger partial charge in [0, 0.05) is 19.2 Å². The van der Waals surface area contributed by atoms with Crippen molar-refractivity contribution in [3.63, 3.8) is 0 Å².